The van der Waals surface area contributed by atoms with Gasteiger partial charge in [-0.2, -0.15) is 5.10 Å². The van der Waals surface area contributed by atoms with Crippen molar-refractivity contribution in [1.29, 1.82) is 5.26 Å². The molecule has 0 bridgehead atoms. The fraction of sp³-hybridized carbons (Fsp3) is 0.393. The number of nitrogens with zero attached hydrogens (tertiary/aromatic N) is 4. The summed E-state index contributed by atoms with van der Waals surface area (Å²) in [7, 11) is 0. The minimum absolute atomic E-state index is 0.0895. The lowest BCUT2D eigenvalue weighted by Gasteiger charge is -2.36. The van der Waals surface area contributed by atoms with E-state index in [-0.39, 0.29) is 24.8 Å². The van der Waals surface area contributed by atoms with Crippen LogP contribution in [0, 0.1) is 16.6 Å². The number of hydrogen-bond donors (Lipinski definition) is 3. The molecule has 0 aliphatic carbocycles. The first kappa shape index (κ1) is 27.7. The van der Waals surface area contributed by atoms with E-state index in [1.807, 2.05) is 59.3 Å². The fourth-order valence-electron chi connectivity index (χ4n) is 4.84. The zero-order valence-corrected chi connectivity index (χ0v) is 22.6. The van der Waals surface area contributed by atoms with Crippen molar-refractivity contribution < 1.29 is 14.3 Å². The molecule has 1 aliphatic heterocycles. The highest BCUT2D eigenvalue weighted by atomic mass is 16.6. The number of hydrogen-bond acceptors (Lipinski definition) is 7. The van der Waals surface area contributed by atoms with E-state index in [0.29, 0.717) is 37.7 Å². The molecule has 3 N–H and O–H groups in total. The van der Waals surface area contributed by atoms with E-state index in [9.17, 15) is 14.9 Å². The summed E-state index contributed by atoms with van der Waals surface area (Å²) in [5.41, 5.74) is 5.48. The molecule has 3 heterocycles. The third-order valence-electron chi connectivity index (χ3n) is 6.96. The zero-order chi connectivity index (χ0) is 27.9. The van der Waals surface area contributed by atoms with Crippen molar-refractivity contribution in [2.24, 2.45) is 5.41 Å². The van der Waals surface area contributed by atoms with Crippen LogP contribution < -0.4 is 16.2 Å². The van der Waals surface area contributed by atoms with Crippen LogP contribution in [0.3, 0.4) is 0 Å². The van der Waals surface area contributed by atoms with E-state index in [4.69, 9.17) is 9.72 Å². The zero-order valence-electron chi connectivity index (χ0n) is 22.6. The Morgan fingerprint density at radius 2 is 1.82 bits per heavy atom. The van der Waals surface area contributed by atoms with Crippen LogP contribution in [0.5, 0.6) is 0 Å². The number of ether oxygens (including phenoxy) is 1. The van der Waals surface area contributed by atoms with Gasteiger partial charge in [0.2, 0.25) is 5.91 Å². The summed E-state index contributed by atoms with van der Waals surface area (Å²) in [4.78, 5) is 30.5. The number of amides is 2. The molecule has 0 unspecified atom stereocenters. The Labute approximate surface area is 229 Å². The van der Waals surface area contributed by atoms with E-state index in [1.165, 1.54) is 0 Å². The predicted octanol–water partition coefficient (Wildman–Crippen LogP) is 4.61. The molecule has 39 heavy (non-hydrogen) atoms. The van der Waals surface area contributed by atoms with Gasteiger partial charge in [-0.15, -0.1) is 0 Å². The van der Waals surface area contributed by atoms with Crippen LogP contribution in [0.25, 0.3) is 0 Å². The van der Waals surface area contributed by atoms with Crippen LogP contribution in [0.2, 0.25) is 12.6 Å². The molecule has 1 aromatic carbocycles. The second kappa shape index (κ2) is 12.0. The van der Waals surface area contributed by atoms with E-state index < -0.39 is 11.5 Å². The average Bonchev–Trinajstić information content (AvgIpc) is 3.40. The monoisotopic (exact) mass is 527 g/mol. The van der Waals surface area contributed by atoms with Crippen LogP contribution in [0.1, 0.15) is 44.9 Å². The number of nitrogens with one attached hydrogen (secondary N) is 3. The number of anilines is 2. The maximum Gasteiger partial charge on any atom is 0.426 e. The molecule has 0 atom stereocenters. The molecule has 10 nitrogen and oxygen atoms in total. The van der Waals surface area contributed by atoms with Crippen LogP contribution >= 0.6 is 0 Å². The summed E-state index contributed by atoms with van der Waals surface area (Å²) < 4.78 is 7.11. The summed E-state index contributed by atoms with van der Waals surface area (Å²) in [5.74, 6) is 3.46. The highest BCUT2D eigenvalue weighted by Crippen LogP contribution is 2.40. The Morgan fingerprint density at radius 1 is 1.08 bits per heavy atom. The molecular formula is C28H34BN7O3. The summed E-state index contributed by atoms with van der Waals surface area (Å²) >= 11 is 0. The number of rotatable bonds is 7. The molecule has 4 rings (SSSR count). The van der Waals surface area contributed by atoms with Crippen molar-refractivity contribution in [1.82, 2.24) is 25.6 Å². The normalized spacial score (nSPS) is 14.7. The molecule has 11 heteroatoms. The highest BCUT2D eigenvalue weighted by Gasteiger charge is 2.43. The first-order chi connectivity index (χ1) is 18.7. The van der Waals surface area contributed by atoms with E-state index in [2.05, 4.69) is 48.0 Å². The second-order valence-corrected chi connectivity index (χ2v) is 10.9. The molecule has 2 amide bonds. The van der Waals surface area contributed by atoms with Gasteiger partial charge in [0, 0.05) is 24.1 Å². The number of carbonyl (C=O) groups excluding carboxylic acids is 2. The summed E-state index contributed by atoms with van der Waals surface area (Å²) in [6.45, 7) is 6.21. The Kier molecular flexibility index (Phi) is 8.54. The summed E-state index contributed by atoms with van der Waals surface area (Å²) in [5, 5.41) is 17.2. The number of aromatic nitrogens is 3. The number of pyridine rings is 1. The molecule has 1 aliphatic rings. The molecule has 3 aromatic rings. The van der Waals surface area contributed by atoms with Gasteiger partial charge < -0.3 is 10.1 Å². The largest absolute Gasteiger partial charge is 0.443 e. The lowest BCUT2D eigenvalue weighted by atomic mass is 9.39. The minimum atomic E-state index is -0.821. The van der Waals surface area contributed by atoms with Gasteiger partial charge in [-0.25, -0.2) is 25.1 Å². The van der Waals surface area contributed by atoms with Gasteiger partial charge in [-0.05, 0) is 51.3 Å². The van der Waals surface area contributed by atoms with Crippen molar-refractivity contribution in [2.75, 3.05) is 5.32 Å². The SMILES string of the molecule is CC(C)(C)n1nccc1Nc1cccc(CC2(C(=O)NNC(=O)OCc3ccccc3)CCB(C#N)CC2)n1. The van der Waals surface area contributed by atoms with Crippen molar-refractivity contribution in [2.45, 2.75) is 64.8 Å². The predicted molar refractivity (Wildman–Crippen MR) is 149 cm³/mol. The Morgan fingerprint density at radius 3 is 2.51 bits per heavy atom. The van der Waals surface area contributed by atoms with Gasteiger partial charge in [0.1, 0.15) is 18.2 Å². The standard InChI is InChI=1S/C28H34BN7O3/c1-27(2,3)36-24(12-17-31-36)33-23-11-7-10-22(32-23)18-28(13-15-29(20-30)16-14-28)25(37)34-35-26(38)39-19-21-8-5-4-6-9-21/h4-12,17H,13-16,18-19H2,1-3H3,(H,32,33)(H,34,37)(H,35,38). The van der Waals surface area contributed by atoms with Gasteiger partial charge >= 0.3 is 6.09 Å². The molecule has 202 valence electrons. The number of hydrazine groups is 1. The lowest BCUT2D eigenvalue weighted by molar-refractivity contribution is -0.132. The minimum Gasteiger partial charge on any atom is -0.443 e. The maximum atomic E-state index is 13.5. The molecular weight excluding hydrogens is 493 g/mol. The van der Waals surface area contributed by atoms with Gasteiger partial charge in [0.25, 0.3) is 6.71 Å². The molecule has 1 saturated heterocycles. The lowest BCUT2D eigenvalue weighted by Crippen LogP contribution is -2.52. The van der Waals surface area contributed by atoms with Crippen LogP contribution in [0.4, 0.5) is 16.4 Å². The van der Waals surface area contributed by atoms with Crippen LogP contribution in [-0.4, -0.2) is 33.5 Å². The molecule has 0 radical (unpaired) electrons. The topological polar surface area (TPSA) is 134 Å². The van der Waals surface area contributed by atoms with Crippen LogP contribution in [-0.2, 0) is 28.1 Å². The Balaban J connectivity index is 1.44. The fourth-order valence-corrected chi connectivity index (χ4v) is 4.84. The van der Waals surface area contributed by atoms with Crippen molar-refractivity contribution >= 4 is 30.3 Å². The average molecular weight is 527 g/mol. The molecule has 2 aromatic heterocycles. The quantitative estimate of drug-likeness (QED) is 0.302. The van der Waals surface area contributed by atoms with Gasteiger partial charge in [0.05, 0.1) is 17.2 Å². The molecule has 1 fully saturated rings. The highest BCUT2D eigenvalue weighted by molar-refractivity contribution is 6.67. The van der Waals surface area contributed by atoms with Crippen molar-refractivity contribution in [3.63, 3.8) is 0 Å². The van der Waals surface area contributed by atoms with Crippen molar-refractivity contribution in [3.05, 3.63) is 72.1 Å². The third-order valence-corrected chi connectivity index (χ3v) is 6.96. The van der Waals surface area contributed by atoms with Gasteiger partial charge in [-0.1, -0.05) is 49.0 Å². The number of carbonyl (C=O) groups is 2. The van der Waals surface area contributed by atoms with Gasteiger partial charge in [-0.3, -0.25) is 10.2 Å². The number of benzene rings is 1. The summed E-state index contributed by atoms with van der Waals surface area (Å²) in [6.07, 6.45) is 3.58. The van der Waals surface area contributed by atoms with E-state index in [0.717, 1.165) is 17.1 Å². The maximum absolute atomic E-state index is 13.5. The smallest absolute Gasteiger partial charge is 0.426 e. The number of nitriles is 1. The Hall–Kier alpha value is -4.33. The third kappa shape index (κ3) is 7.16. The molecule has 0 saturated carbocycles. The van der Waals surface area contributed by atoms with E-state index in [1.54, 1.807) is 6.20 Å². The van der Waals surface area contributed by atoms with Crippen LogP contribution in [0.15, 0.2) is 60.8 Å². The Bertz CT molecular complexity index is 1320. The first-order valence-electron chi connectivity index (χ1n) is 13.1. The van der Waals surface area contributed by atoms with E-state index >= 15 is 0 Å². The second-order valence-electron chi connectivity index (χ2n) is 10.9. The summed E-state index contributed by atoms with van der Waals surface area (Å²) in [6, 6.07) is 16.8. The first-order valence-corrected chi connectivity index (χ1v) is 13.1. The van der Waals surface area contributed by atoms with Crippen molar-refractivity contribution in [3.8, 4) is 5.97 Å². The van der Waals surface area contributed by atoms with Gasteiger partial charge in [0.15, 0.2) is 0 Å². The molecule has 0 spiro atoms.